The summed E-state index contributed by atoms with van der Waals surface area (Å²) >= 11 is 0. The average Bonchev–Trinajstić information content (AvgIpc) is 2.70. The first kappa shape index (κ1) is 22.2. The largest absolute Gasteiger partial charge is 0.573 e. The van der Waals surface area contributed by atoms with E-state index in [0.29, 0.717) is 17.7 Å². The number of rotatable bonds is 6. The maximum absolute atomic E-state index is 13.7. The molecule has 1 atom stereocenters. The molecule has 0 aliphatic rings. The molecule has 0 radical (unpaired) electrons. The van der Waals surface area contributed by atoms with Gasteiger partial charge in [0.2, 0.25) is 5.75 Å². The van der Waals surface area contributed by atoms with Gasteiger partial charge in [0, 0.05) is 30.1 Å². The summed E-state index contributed by atoms with van der Waals surface area (Å²) in [6.45, 7) is 1.97. The zero-order valence-electron chi connectivity index (χ0n) is 15.9. The van der Waals surface area contributed by atoms with Gasteiger partial charge in [0.05, 0.1) is 0 Å². The van der Waals surface area contributed by atoms with E-state index in [0.717, 1.165) is 11.1 Å². The highest BCUT2D eigenvalue weighted by atomic mass is 19.4. The number of aromatic nitrogens is 2. The molecule has 10 heteroatoms. The van der Waals surface area contributed by atoms with Crippen molar-refractivity contribution < 1.29 is 36.5 Å². The third-order valence-corrected chi connectivity index (χ3v) is 3.90. The van der Waals surface area contributed by atoms with E-state index in [4.69, 9.17) is 4.74 Å². The van der Waals surface area contributed by atoms with Crippen LogP contribution in [0.15, 0.2) is 48.8 Å². The van der Waals surface area contributed by atoms with E-state index in [1.807, 2.05) is 37.3 Å². The van der Waals surface area contributed by atoms with Crippen molar-refractivity contribution in [2.45, 2.75) is 19.6 Å². The highest BCUT2D eigenvalue weighted by molar-refractivity contribution is 5.68. The smallest absolute Gasteiger partial charge is 0.457 e. The molecule has 1 N–H and O–H groups in total. The Labute approximate surface area is 173 Å². The Morgan fingerprint density at radius 3 is 2.03 bits per heavy atom. The van der Waals surface area contributed by atoms with Crippen molar-refractivity contribution in [1.82, 2.24) is 9.97 Å². The molecule has 0 amide bonds. The maximum atomic E-state index is 13.7. The summed E-state index contributed by atoms with van der Waals surface area (Å²) in [5, 5.41) is 10.0. The Bertz CT molecular complexity index is 1040. The second-order valence-corrected chi connectivity index (χ2v) is 6.35. The average molecular weight is 438 g/mol. The van der Waals surface area contributed by atoms with Gasteiger partial charge in [-0.05, 0) is 12.5 Å². The van der Waals surface area contributed by atoms with Crippen molar-refractivity contribution in [3.05, 3.63) is 82.9 Å². The minimum Gasteiger partial charge on any atom is -0.457 e. The van der Waals surface area contributed by atoms with Gasteiger partial charge < -0.3 is 14.6 Å². The van der Waals surface area contributed by atoms with Crippen LogP contribution in [0.4, 0.5) is 22.0 Å². The predicted molar refractivity (Wildman–Crippen MR) is 101 cm³/mol. The normalized spacial score (nSPS) is 12.7. The predicted octanol–water partition coefficient (Wildman–Crippen LogP) is 5.20. The van der Waals surface area contributed by atoms with Crippen LogP contribution in [0.3, 0.4) is 0 Å². The second-order valence-electron chi connectivity index (χ2n) is 6.35. The lowest BCUT2D eigenvalue weighted by Crippen LogP contribution is -2.19. The number of alkyl halides is 3. The Morgan fingerprint density at radius 2 is 1.48 bits per heavy atom. The number of hydrogen-bond donors (Lipinski definition) is 1. The number of benzene rings is 2. The molecule has 2 aromatic carbocycles. The van der Waals surface area contributed by atoms with E-state index >= 15 is 0 Å². The van der Waals surface area contributed by atoms with E-state index in [1.165, 1.54) is 12.4 Å². The summed E-state index contributed by atoms with van der Waals surface area (Å²) in [5.74, 6) is -5.74. The number of halogens is 5. The highest BCUT2D eigenvalue weighted by Gasteiger charge is 2.34. The van der Waals surface area contributed by atoms with E-state index in [1.54, 1.807) is 6.08 Å². The van der Waals surface area contributed by atoms with Crippen molar-refractivity contribution >= 4 is 12.2 Å². The molecule has 162 valence electrons. The van der Waals surface area contributed by atoms with Crippen LogP contribution in [-0.2, 0) is 0 Å². The zero-order chi connectivity index (χ0) is 22.6. The van der Waals surface area contributed by atoms with E-state index in [9.17, 15) is 27.1 Å². The first-order valence-electron chi connectivity index (χ1n) is 8.77. The van der Waals surface area contributed by atoms with Gasteiger partial charge in [-0.2, -0.15) is 0 Å². The van der Waals surface area contributed by atoms with Gasteiger partial charge in [-0.1, -0.05) is 42.0 Å². The SMILES string of the molecule is Cc1ccc(/C=C/c2cnc(C(O)Oc3cc(F)c(OC(F)(F)F)c(F)c3)nc2)cc1. The summed E-state index contributed by atoms with van der Waals surface area (Å²) in [4.78, 5) is 7.83. The maximum Gasteiger partial charge on any atom is 0.573 e. The van der Waals surface area contributed by atoms with Crippen molar-refractivity contribution in [2.75, 3.05) is 0 Å². The molecule has 0 saturated heterocycles. The fourth-order valence-corrected chi connectivity index (χ4v) is 2.43. The van der Waals surface area contributed by atoms with E-state index in [-0.39, 0.29) is 5.82 Å². The molecular formula is C21H15F5N2O3. The molecule has 1 aromatic heterocycles. The topological polar surface area (TPSA) is 64.5 Å². The van der Waals surface area contributed by atoms with Gasteiger partial charge in [0.25, 0.3) is 6.29 Å². The Morgan fingerprint density at radius 1 is 0.935 bits per heavy atom. The molecule has 5 nitrogen and oxygen atoms in total. The zero-order valence-corrected chi connectivity index (χ0v) is 15.9. The van der Waals surface area contributed by atoms with E-state index < -0.39 is 35.8 Å². The Hall–Kier alpha value is -3.53. The van der Waals surface area contributed by atoms with Gasteiger partial charge >= 0.3 is 6.36 Å². The third-order valence-electron chi connectivity index (χ3n) is 3.90. The van der Waals surface area contributed by atoms with Crippen LogP contribution in [0.2, 0.25) is 0 Å². The van der Waals surface area contributed by atoms with Gasteiger partial charge in [0.15, 0.2) is 17.5 Å². The lowest BCUT2D eigenvalue weighted by atomic mass is 10.1. The fraction of sp³-hybridized carbons (Fsp3) is 0.143. The molecule has 3 aromatic rings. The first-order valence-corrected chi connectivity index (χ1v) is 8.77. The summed E-state index contributed by atoms with van der Waals surface area (Å²) < 4.78 is 72.2. The second kappa shape index (κ2) is 9.09. The number of aliphatic hydroxyl groups is 1. The van der Waals surface area contributed by atoms with Crippen LogP contribution in [0, 0.1) is 18.6 Å². The Balaban J connectivity index is 1.68. The number of hydrogen-bond acceptors (Lipinski definition) is 5. The van der Waals surface area contributed by atoms with Crippen molar-refractivity contribution in [2.24, 2.45) is 0 Å². The number of aliphatic hydroxyl groups excluding tert-OH is 1. The standard InChI is InChI=1S/C21H15F5N2O3/c1-12-2-4-13(5-3-12)6-7-14-10-27-19(28-11-14)20(29)30-15-8-16(22)18(17(23)9-15)31-21(24,25)26/h2-11,20,29H,1H3/b7-6+. The molecule has 1 unspecified atom stereocenters. The number of aryl methyl sites for hydroxylation is 1. The van der Waals surface area contributed by atoms with Crippen LogP contribution >= 0.6 is 0 Å². The summed E-state index contributed by atoms with van der Waals surface area (Å²) in [6.07, 6.45) is -0.731. The minimum absolute atomic E-state index is 0.219. The van der Waals surface area contributed by atoms with Crippen LogP contribution in [0.5, 0.6) is 11.5 Å². The van der Waals surface area contributed by atoms with Gasteiger partial charge in [0.1, 0.15) is 5.75 Å². The summed E-state index contributed by atoms with van der Waals surface area (Å²) in [7, 11) is 0. The van der Waals surface area contributed by atoms with Crippen LogP contribution in [0.1, 0.15) is 28.8 Å². The van der Waals surface area contributed by atoms with Gasteiger partial charge in [-0.15, -0.1) is 13.2 Å². The Kier molecular flexibility index (Phi) is 6.50. The molecule has 1 heterocycles. The van der Waals surface area contributed by atoms with Gasteiger partial charge in [-0.3, -0.25) is 0 Å². The number of ether oxygens (including phenoxy) is 2. The number of nitrogens with zero attached hydrogens (tertiary/aromatic N) is 2. The first-order chi connectivity index (χ1) is 14.6. The molecule has 31 heavy (non-hydrogen) atoms. The van der Waals surface area contributed by atoms with Crippen LogP contribution in [0.25, 0.3) is 12.2 Å². The summed E-state index contributed by atoms with van der Waals surface area (Å²) in [5.41, 5.74) is 2.70. The lowest BCUT2D eigenvalue weighted by Gasteiger charge is -2.15. The monoisotopic (exact) mass is 438 g/mol. The van der Waals surface area contributed by atoms with Crippen LogP contribution < -0.4 is 9.47 Å². The third kappa shape index (κ3) is 6.22. The molecule has 0 aliphatic heterocycles. The quantitative estimate of drug-likeness (QED) is 0.423. The van der Waals surface area contributed by atoms with Crippen LogP contribution in [-0.4, -0.2) is 21.4 Å². The summed E-state index contributed by atoms with van der Waals surface area (Å²) in [6, 6.07) is 8.66. The molecular weight excluding hydrogens is 423 g/mol. The molecule has 0 spiro atoms. The molecule has 0 aliphatic carbocycles. The van der Waals surface area contributed by atoms with E-state index in [2.05, 4.69) is 14.7 Å². The van der Waals surface area contributed by atoms with Crippen molar-refractivity contribution in [1.29, 1.82) is 0 Å². The molecule has 0 saturated carbocycles. The van der Waals surface area contributed by atoms with Gasteiger partial charge in [-0.25, -0.2) is 18.7 Å². The lowest BCUT2D eigenvalue weighted by molar-refractivity contribution is -0.276. The van der Waals surface area contributed by atoms with Crippen molar-refractivity contribution in [3.63, 3.8) is 0 Å². The highest BCUT2D eigenvalue weighted by Crippen LogP contribution is 2.32. The van der Waals surface area contributed by atoms with Crippen molar-refractivity contribution in [3.8, 4) is 11.5 Å². The molecule has 3 rings (SSSR count). The minimum atomic E-state index is -5.27. The fourth-order valence-electron chi connectivity index (χ4n) is 2.43. The molecule has 0 fully saturated rings. The molecule has 0 bridgehead atoms.